The highest BCUT2D eigenvalue weighted by Crippen LogP contribution is 2.28. The molecule has 170 valence electrons. The lowest BCUT2D eigenvalue weighted by Gasteiger charge is -2.31. The third kappa shape index (κ3) is 7.48. The minimum atomic E-state index is -1.15. The predicted octanol–water partition coefficient (Wildman–Crippen LogP) is 7.95. The van der Waals surface area contributed by atoms with Crippen molar-refractivity contribution >= 4 is 5.70 Å². The molecule has 2 aromatic carbocycles. The molecule has 0 radical (unpaired) electrons. The van der Waals surface area contributed by atoms with Crippen LogP contribution >= 0.6 is 0 Å². The Kier molecular flexibility index (Phi) is 9.28. The second-order valence-corrected chi connectivity index (χ2v) is 9.11. The van der Waals surface area contributed by atoms with Gasteiger partial charge in [-0.2, -0.15) is 0 Å². The smallest absolute Gasteiger partial charge is 0.123 e. The maximum Gasteiger partial charge on any atom is 0.123 e. The summed E-state index contributed by atoms with van der Waals surface area (Å²) < 4.78 is 27.3. The van der Waals surface area contributed by atoms with E-state index in [-0.39, 0.29) is 5.82 Å². The molecule has 0 amide bonds. The highest BCUT2D eigenvalue weighted by atomic mass is 19.1. The fraction of sp³-hybridized carbons (Fsp3) is 0.500. The van der Waals surface area contributed by atoms with E-state index in [0.717, 1.165) is 55.6 Å². The normalized spacial score (nSPS) is 12.6. The molecule has 0 saturated carbocycles. The van der Waals surface area contributed by atoms with Gasteiger partial charge in [0.05, 0.1) is 0 Å². The van der Waals surface area contributed by atoms with E-state index in [1.54, 1.807) is 26.0 Å². The Morgan fingerprint density at radius 2 is 1.71 bits per heavy atom. The summed E-state index contributed by atoms with van der Waals surface area (Å²) in [5.41, 5.74) is 4.66. The summed E-state index contributed by atoms with van der Waals surface area (Å²) in [7, 11) is 0. The zero-order valence-electron chi connectivity index (χ0n) is 20.0. The van der Waals surface area contributed by atoms with E-state index >= 15 is 0 Å². The zero-order chi connectivity index (χ0) is 23.0. The minimum Gasteiger partial charge on any atom is -0.371 e. The second-order valence-electron chi connectivity index (χ2n) is 9.11. The van der Waals surface area contributed by atoms with Gasteiger partial charge in [-0.25, -0.2) is 8.78 Å². The first kappa shape index (κ1) is 25.1. The molecule has 2 rings (SSSR count). The predicted molar refractivity (Wildman–Crippen MR) is 130 cm³/mol. The van der Waals surface area contributed by atoms with Crippen LogP contribution in [0, 0.1) is 5.82 Å². The van der Waals surface area contributed by atoms with Gasteiger partial charge in [0.15, 0.2) is 0 Å². The number of aryl methyl sites for hydroxylation is 2. The Hall–Kier alpha value is -2.16. The van der Waals surface area contributed by atoms with E-state index < -0.39 is 5.67 Å². The number of hydrogen-bond donors (Lipinski definition) is 0. The molecule has 0 spiro atoms. The number of rotatable bonds is 12. The van der Waals surface area contributed by atoms with Crippen LogP contribution in [0.4, 0.5) is 8.78 Å². The molecule has 0 fully saturated rings. The van der Waals surface area contributed by atoms with Crippen LogP contribution in [0.2, 0.25) is 0 Å². The van der Waals surface area contributed by atoms with Gasteiger partial charge in [-0.15, -0.1) is 0 Å². The molecule has 0 N–H and O–H groups in total. The third-order valence-corrected chi connectivity index (χ3v) is 6.06. The molecular formula is C28H39F2N. The molecular weight excluding hydrogens is 388 g/mol. The largest absolute Gasteiger partial charge is 0.371 e. The van der Waals surface area contributed by atoms with E-state index in [9.17, 15) is 8.78 Å². The molecule has 0 bridgehead atoms. The van der Waals surface area contributed by atoms with Crippen LogP contribution in [0.15, 0.2) is 49.0 Å². The highest BCUT2D eigenvalue weighted by Gasteiger charge is 2.19. The van der Waals surface area contributed by atoms with Gasteiger partial charge in [0.25, 0.3) is 0 Å². The standard InChI is InChI=1S/C28H39F2N/c1-7-18-31(20-23(9-3)24-12-14-27(29)15-13-24)21(4)26-11-10-25(22(8-2)19-26)16-17-28(5,6)30/h10-15,19,23H,4,7-9,16-18,20H2,1-3,5-6H3. The lowest BCUT2D eigenvalue weighted by molar-refractivity contribution is 0.202. The summed E-state index contributed by atoms with van der Waals surface area (Å²) in [6, 6.07) is 13.4. The quantitative estimate of drug-likeness (QED) is 0.332. The van der Waals surface area contributed by atoms with Crippen LogP contribution in [0.5, 0.6) is 0 Å². The van der Waals surface area contributed by atoms with Gasteiger partial charge in [0.2, 0.25) is 0 Å². The first-order valence-electron chi connectivity index (χ1n) is 11.7. The van der Waals surface area contributed by atoms with Crippen molar-refractivity contribution in [2.75, 3.05) is 13.1 Å². The molecule has 0 aliphatic heterocycles. The lowest BCUT2D eigenvalue weighted by Crippen LogP contribution is -2.28. The van der Waals surface area contributed by atoms with Crippen molar-refractivity contribution in [1.29, 1.82) is 0 Å². The SMILES string of the molecule is C=C(c1ccc(CCC(C)(C)F)c(CC)c1)N(CCC)CC(CC)c1ccc(F)cc1. The van der Waals surface area contributed by atoms with Gasteiger partial charge in [0.1, 0.15) is 11.5 Å². The van der Waals surface area contributed by atoms with Crippen LogP contribution in [0.25, 0.3) is 5.70 Å². The van der Waals surface area contributed by atoms with E-state index in [4.69, 9.17) is 0 Å². The Morgan fingerprint density at radius 1 is 1.03 bits per heavy atom. The van der Waals surface area contributed by atoms with Crippen molar-refractivity contribution in [1.82, 2.24) is 4.90 Å². The molecule has 0 saturated heterocycles. The monoisotopic (exact) mass is 427 g/mol. The highest BCUT2D eigenvalue weighted by molar-refractivity contribution is 5.63. The summed E-state index contributed by atoms with van der Waals surface area (Å²) in [6.45, 7) is 16.0. The average molecular weight is 428 g/mol. The molecule has 0 aliphatic rings. The van der Waals surface area contributed by atoms with Crippen LogP contribution < -0.4 is 0 Å². The Morgan fingerprint density at radius 3 is 2.26 bits per heavy atom. The summed E-state index contributed by atoms with van der Waals surface area (Å²) in [6.07, 6.45) is 4.21. The fourth-order valence-corrected chi connectivity index (χ4v) is 4.07. The van der Waals surface area contributed by atoms with Gasteiger partial charge in [-0.05, 0) is 86.4 Å². The van der Waals surface area contributed by atoms with Crippen molar-refractivity contribution in [3.8, 4) is 0 Å². The molecule has 0 aromatic heterocycles. The average Bonchev–Trinajstić information content (AvgIpc) is 2.74. The lowest BCUT2D eigenvalue weighted by atomic mass is 9.93. The van der Waals surface area contributed by atoms with Gasteiger partial charge in [-0.3, -0.25) is 0 Å². The summed E-state index contributed by atoms with van der Waals surface area (Å²) in [5.74, 6) is 0.123. The van der Waals surface area contributed by atoms with Crippen molar-refractivity contribution in [2.45, 2.75) is 78.3 Å². The summed E-state index contributed by atoms with van der Waals surface area (Å²) in [4.78, 5) is 2.36. The maximum atomic E-state index is 14.0. The molecule has 0 aliphatic carbocycles. The van der Waals surface area contributed by atoms with Gasteiger partial charge >= 0.3 is 0 Å². The number of nitrogens with zero attached hydrogens (tertiary/aromatic N) is 1. The van der Waals surface area contributed by atoms with E-state index in [1.165, 1.54) is 11.1 Å². The Balaban J connectivity index is 2.22. The summed E-state index contributed by atoms with van der Waals surface area (Å²) in [5, 5.41) is 0. The molecule has 1 atom stereocenters. The molecule has 31 heavy (non-hydrogen) atoms. The van der Waals surface area contributed by atoms with Crippen LogP contribution in [-0.2, 0) is 12.8 Å². The van der Waals surface area contributed by atoms with Crippen LogP contribution in [0.1, 0.15) is 82.1 Å². The Labute approximate surface area is 188 Å². The number of hydrogen-bond acceptors (Lipinski definition) is 1. The van der Waals surface area contributed by atoms with Crippen molar-refractivity contribution in [3.05, 3.63) is 77.1 Å². The van der Waals surface area contributed by atoms with Crippen LogP contribution in [-0.4, -0.2) is 23.7 Å². The maximum absolute atomic E-state index is 14.0. The fourth-order valence-electron chi connectivity index (χ4n) is 4.07. The van der Waals surface area contributed by atoms with Gasteiger partial charge < -0.3 is 4.90 Å². The number of halogens is 2. The number of benzene rings is 2. The molecule has 2 aromatic rings. The van der Waals surface area contributed by atoms with Gasteiger partial charge in [-0.1, -0.05) is 51.6 Å². The Bertz CT molecular complexity index is 833. The van der Waals surface area contributed by atoms with E-state index in [2.05, 4.69) is 50.4 Å². The summed E-state index contributed by atoms with van der Waals surface area (Å²) >= 11 is 0. The first-order valence-corrected chi connectivity index (χ1v) is 11.7. The van der Waals surface area contributed by atoms with Crippen molar-refractivity contribution in [3.63, 3.8) is 0 Å². The van der Waals surface area contributed by atoms with Crippen molar-refractivity contribution < 1.29 is 8.78 Å². The topological polar surface area (TPSA) is 3.24 Å². The van der Waals surface area contributed by atoms with Crippen molar-refractivity contribution in [2.24, 2.45) is 0 Å². The van der Waals surface area contributed by atoms with E-state index in [1.807, 2.05) is 12.1 Å². The minimum absolute atomic E-state index is 0.197. The molecule has 1 unspecified atom stereocenters. The molecule has 1 nitrogen and oxygen atoms in total. The van der Waals surface area contributed by atoms with E-state index in [0.29, 0.717) is 12.3 Å². The van der Waals surface area contributed by atoms with Crippen LogP contribution in [0.3, 0.4) is 0 Å². The molecule has 0 heterocycles. The van der Waals surface area contributed by atoms with Gasteiger partial charge in [0, 0.05) is 24.7 Å². The first-order chi connectivity index (χ1) is 14.7. The number of alkyl halides is 1. The molecule has 3 heteroatoms. The third-order valence-electron chi connectivity index (χ3n) is 6.06. The second kappa shape index (κ2) is 11.5. The zero-order valence-corrected chi connectivity index (χ0v) is 20.0.